The Morgan fingerprint density at radius 1 is 1.47 bits per heavy atom. The average Bonchev–Trinajstić information content (AvgIpc) is 2.64. The van der Waals surface area contributed by atoms with E-state index in [1.54, 1.807) is 18.2 Å². The Morgan fingerprint density at radius 2 is 2.21 bits per heavy atom. The maximum absolute atomic E-state index is 11.9. The fourth-order valence-corrected chi connectivity index (χ4v) is 4.28. The fraction of sp³-hybridized carbons (Fsp3) is 0.462. The number of carbonyl (C=O) groups is 1. The van der Waals surface area contributed by atoms with Gasteiger partial charge in [-0.15, -0.1) is 0 Å². The molecule has 1 aromatic rings. The number of rotatable bonds is 3. The second-order valence-electron chi connectivity index (χ2n) is 4.93. The summed E-state index contributed by atoms with van der Waals surface area (Å²) in [7, 11) is -2.93. The largest absolute Gasteiger partial charge is 0.326 e. The predicted molar refractivity (Wildman–Crippen MR) is 76.2 cm³/mol. The third kappa shape index (κ3) is 3.70. The van der Waals surface area contributed by atoms with Gasteiger partial charge in [0.15, 0.2) is 9.84 Å². The number of halogens is 1. The number of hydrogen-bond acceptors (Lipinski definition) is 3. The lowest BCUT2D eigenvalue weighted by Crippen LogP contribution is -2.18. The first-order chi connectivity index (χ1) is 8.87. The van der Waals surface area contributed by atoms with E-state index in [0.717, 1.165) is 5.56 Å². The molecule has 1 fully saturated rings. The van der Waals surface area contributed by atoms with E-state index in [1.807, 2.05) is 6.92 Å². The topological polar surface area (TPSA) is 63.2 Å². The number of anilines is 1. The molecule has 1 amide bonds. The van der Waals surface area contributed by atoms with E-state index >= 15 is 0 Å². The first kappa shape index (κ1) is 14.3. The normalized spacial score (nSPS) is 21.3. The molecule has 4 nitrogen and oxygen atoms in total. The molecule has 1 heterocycles. The van der Waals surface area contributed by atoms with Crippen molar-refractivity contribution in [3.63, 3.8) is 0 Å². The van der Waals surface area contributed by atoms with E-state index in [2.05, 4.69) is 5.32 Å². The smallest absolute Gasteiger partial charge is 0.224 e. The maximum atomic E-state index is 11.9. The lowest BCUT2D eigenvalue weighted by Gasteiger charge is -2.11. The zero-order valence-electron chi connectivity index (χ0n) is 10.6. The number of benzene rings is 1. The standard InChI is InChI=1S/C13H16ClNO3S/c1-9-11(14)3-2-4-12(9)15-13(16)7-10-5-6-19(17,18)8-10/h2-4,10H,5-8H2,1H3,(H,15,16)/t10-/m0/s1. The van der Waals surface area contributed by atoms with Crippen LogP contribution in [0.1, 0.15) is 18.4 Å². The molecule has 1 atom stereocenters. The van der Waals surface area contributed by atoms with Gasteiger partial charge in [-0.2, -0.15) is 0 Å². The number of sulfone groups is 1. The van der Waals surface area contributed by atoms with Crippen LogP contribution < -0.4 is 5.32 Å². The maximum Gasteiger partial charge on any atom is 0.224 e. The third-order valence-corrected chi connectivity index (χ3v) is 5.59. The van der Waals surface area contributed by atoms with Crippen molar-refractivity contribution < 1.29 is 13.2 Å². The molecule has 1 aliphatic rings. The molecule has 1 aromatic carbocycles. The molecule has 0 radical (unpaired) electrons. The van der Waals surface area contributed by atoms with Crippen LogP contribution in [0.5, 0.6) is 0 Å². The summed E-state index contributed by atoms with van der Waals surface area (Å²) in [5.74, 6) is 0.0905. The minimum atomic E-state index is -2.93. The molecule has 6 heteroatoms. The fourth-order valence-electron chi connectivity index (χ4n) is 2.24. The van der Waals surface area contributed by atoms with Crippen molar-refractivity contribution in [1.82, 2.24) is 0 Å². The number of nitrogens with one attached hydrogen (secondary N) is 1. The molecule has 1 saturated heterocycles. The molecule has 0 spiro atoms. The van der Waals surface area contributed by atoms with Gasteiger partial charge in [-0.25, -0.2) is 8.42 Å². The van der Waals surface area contributed by atoms with Crippen molar-refractivity contribution in [1.29, 1.82) is 0 Å². The van der Waals surface area contributed by atoms with Crippen LogP contribution in [0.15, 0.2) is 18.2 Å². The Kier molecular flexibility index (Phi) is 4.16. The summed E-state index contributed by atoms with van der Waals surface area (Å²) < 4.78 is 22.7. The monoisotopic (exact) mass is 301 g/mol. The van der Waals surface area contributed by atoms with Crippen molar-refractivity contribution in [3.05, 3.63) is 28.8 Å². The predicted octanol–water partition coefficient (Wildman–Crippen LogP) is 2.41. The summed E-state index contributed by atoms with van der Waals surface area (Å²) in [5.41, 5.74) is 1.50. The molecular weight excluding hydrogens is 286 g/mol. The quantitative estimate of drug-likeness (QED) is 0.932. The number of carbonyl (C=O) groups excluding carboxylic acids is 1. The molecule has 0 unspecified atom stereocenters. The Balaban J connectivity index is 1.97. The number of amides is 1. The molecule has 19 heavy (non-hydrogen) atoms. The van der Waals surface area contributed by atoms with E-state index in [4.69, 9.17) is 11.6 Å². The molecule has 2 rings (SSSR count). The first-order valence-corrected chi connectivity index (χ1v) is 8.33. The van der Waals surface area contributed by atoms with E-state index in [-0.39, 0.29) is 29.8 Å². The second-order valence-corrected chi connectivity index (χ2v) is 7.57. The van der Waals surface area contributed by atoms with Crippen LogP contribution in [0.4, 0.5) is 5.69 Å². The average molecular weight is 302 g/mol. The SMILES string of the molecule is Cc1c(Cl)cccc1NC(=O)C[C@@H]1CCS(=O)(=O)C1. The van der Waals surface area contributed by atoms with Gasteiger partial charge in [0, 0.05) is 17.1 Å². The zero-order chi connectivity index (χ0) is 14.0. The van der Waals surface area contributed by atoms with Crippen molar-refractivity contribution in [2.75, 3.05) is 16.8 Å². The third-order valence-electron chi connectivity index (χ3n) is 3.34. The Labute approximate surface area is 118 Å². The number of hydrogen-bond donors (Lipinski definition) is 1. The molecule has 0 saturated carbocycles. The van der Waals surface area contributed by atoms with Gasteiger partial charge in [-0.3, -0.25) is 4.79 Å². The Bertz CT molecular complexity index is 598. The molecule has 1 aliphatic heterocycles. The molecule has 104 valence electrons. The Hall–Kier alpha value is -1.07. The van der Waals surface area contributed by atoms with Gasteiger partial charge >= 0.3 is 0 Å². The lowest BCUT2D eigenvalue weighted by molar-refractivity contribution is -0.116. The summed E-state index contributed by atoms with van der Waals surface area (Å²) in [5, 5.41) is 3.39. The highest BCUT2D eigenvalue weighted by atomic mass is 35.5. The summed E-state index contributed by atoms with van der Waals surface area (Å²) in [4.78, 5) is 11.9. The van der Waals surface area contributed by atoms with Crippen LogP contribution in [0.2, 0.25) is 5.02 Å². The van der Waals surface area contributed by atoms with Gasteiger partial charge in [0.05, 0.1) is 11.5 Å². The second kappa shape index (κ2) is 5.51. The van der Waals surface area contributed by atoms with Crippen molar-refractivity contribution >= 4 is 33.0 Å². The van der Waals surface area contributed by atoms with Crippen LogP contribution in [0.25, 0.3) is 0 Å². The summed E-state index contributed by atoms with van der Waals surface area (Å²) >= 11 is 5.97. The van der Waals surface area contributed by atoms with Gasteiger partial charge in [0.25, 0.3) is 0 Å². The van der Waals surface area contributed by atoms with E-state index < -0.39 is 9.84 Å². The molecule has 0 aliphatic carbocycles. The van der Waals surface area contributed by atoms with E-state index in [9.17, 15) is 13.2 Å². The molecule has 0 bridgehead atoms. The highest BCUT2D eigenvalue weighted by Gasteiger charge is 2.29. The van der Waals surface area contributed by atoms with Crippen LogP contribution in [0, 0.1) is 12.8 Å². The highest BCUT2D eigenvalue weighted by Crippen LogP contribution is 2.25. The van der Waals surface area contributed by atoms with Crippen LogP contribution in [-0.4, -0.2) is 25.8 Å². The van der Waals surface area contributed by atoms with Crippen molar-refractivity contribution in [2.45, 2.75) is 19.8 Å². The lowest BCUT2D eigenvalue weighted by atomic mass is 10.0. The summed E-state index contributed by atoms with van der Waals surface area (Å²) in [6, 6.07) is 5.31. The summed E-state index contributed by atoms with van der Waals surface area (Å²) in [6.45, 7) is 1.83. The first-order valence-electron chi connectivity index (χ1n) is 6.13. The van der Waals surface area contributed by atoms with Crippen molar-refractivity contribution in [2.24, 2.45) is 5.92 Å². The van der Waals surface area contributed by atoms with E-state index in [0.29, 0.717) is 17.1 Å². The minimum absolute atomic E-state index is 0.0653. The Morgan fingerprint density at radius 3 is 2.84 bits per heavy atom. The zero-order valence-corrected chi connectivity index (χ0v) is 12.2. The van der Waals surface area contributed by atoms with Crippen LogP contribution >= 0.6 is 11.6 Å². The van der Waals surface area contributed by atoms with Gasteiger partial charge in [-0.05, 0) is 37.0 Å². The van der Waals surface area contributed by atoms with Crippen molar-refractivity contribution in [3.8, 4) is 0 Å². The molecular formula is C13H16ClNO3S. The van der Waals surface area contributed by atoms with Gasteiger partial charge in [0.1, 0.15) is 0 Å². The van der Waals surface area contributed by atoms with Crippen LogP contribution in [-0.2, 0) is 14.6 Å². The van der Waals surface area contributed by atoms with Gasteiger partial charge in [0.2, 0.25) is 5.91 Å². The highest BCUT2D eigenvalue weighted by molar-refractivity contribution is 7.91. The molecule has 1 N–H and O–H groups in total. The van der Waals surface area contributed by atoms with Gasteiger partial charge < -0.3 is 5.32 Å². The van der Waals surface area contributed by atoms with Gasteiger partial charge in [-0.1, -0.05) is 17.7 Å². The minimum Gasteiger partial charge on any atom is -0.326 e. The van der Waals surface area contributed by atoms with E-state index in [1.165, 1.54) is 0 Å². The van der Waals surface area contributed by atoms with Crippen LogP contribution in [0.3, 0.4) is 0 Å². The summed E-state index contributed by atoms with van der Waals surface area (Å²) in [6.07, 6.45) is 0.815. The molecule has 0 aromatic heterocycles.